The third kappa shape index (κ3) is 6.01. The molecule has 1 amide bonds. The molecule has 1 fully saturated rings. The first-order valence-electron chi connectivity index (χ1n) is 11.9. The molecule has 0 atom stereocenters. The van der Waals surface area contributed by atoms with Crippen molar-refractivity contribution in [1.29, 1.82) is 0 Å². The Labute approximate surface area is 237 Å². The monoisotopic (exact) mass is 595 g/mol. The Morgan fingerprint density at radius 3 is 2.46 bits per heavy atom. The van der Waals surface area contributed by atoms with E-state index >= 15 is 0 Å². The molecule has 12 heteroatoms. The summed E-state index contributed by atoms with van der Waals surface area (Å²) < 4.78 is 2.27. The van der Waals surface area contributed by atoms with Gasteiger partial charge in [0.2, 0.25) is 0 Å². The van der Waals surface area contributed by atoms with Gasteiger partial charge in [-0.05, 0) is 43.2 Å². The molecule has 7 nitrogen and oxygen atoms in total. The molecular weight excluding hydrogens is 570 g/mol. The number of rotatable bonds is 9. The third-order valence-corrected chi connectivity index (χ3v) is 9.87. The van der Waals surface area contributed by atoms with Gasteiger partial charge in [-0.2, -0.15) is 0 Å². The number of carboxylic acids is 1. The number of benzene rings is 1. The molecule has 1 N–H and O–H groups in total. The van der Waals surface area contributed by atoms with E-state index in [1.807, 2.05) is 31.2 Å². The Bertz CT molecular complexity index is 1460. The second kappa shape index (κ2) is 12.2. The third-order valence-electron chi connectivity index (χ3n) is 5.78. The van der Waals surface area contributed by atoms with Crippen molar-refractivity contribution in [3.63, 3.8) is 0 Å². The number of thioether (sulfide) groups is 2. The van der Waals surface area contributed by atoms with Gasteiger partial charge in [-0.25, -0.2) is 0 Å². The highest BCUT2D eigenvalue weighted by molar-refractivity contribution is 8.30. The summed E-state index contributed by atoms with van der Waals surface area (Å²) >= 11 is 15.5. The first-order valence-corrected chi connectivity index (χ1v) is 15.1. The van der Waals surface area contributed by atoms with Gasteiger partial charge in [-0.1, -0.05) is 74.0 Å². The van der Waals surface area contributed by atoms with Crippen molar-refractivity contribution in [2.75, 3.05) is 18.0 Å². The Morgan fingerprint density at radius 2 is 1.78 bits per heavy atom. The number of carboxylic acid groups (broad SMARTS) is 1. The van der Waals surface area contributed by atoms with E-state index < -0.39 is 18.1 Å². The number of amides is 1. The molecule has 37 heavy (non-hydrogen) atoms. The Morgan fingerprint density at radius 1 is 1.08 bits per heavy atom. The van der Waals surface area contributed by atoms with Crippen molar-refractivity contribution in [2.24, 2.45) is 0 Å². The van der Waals surface area contributed by atoms with Crippen molar-refractivity contribution >= 4 is 91.5 Å². The number of allylic oxidation sites excluding steroid dienone is 1. The molecule has 196 valence electrons. The number of halogens is 1. The average molecular weight is 596 g/mol. The SMILES string of the molecule is CCCCN1C(=O)/C(=c2/s/c(=C/C=C3\Sc4ccc(Cl)cc4N3CCCC)c(=O)n2CC(=O)O)SC1=S. The van der Waals surface area contributed by atoms with Crippen LogP contribution in [0.1, 0.15) is 39.5 Å². The van der Waals surface area contributed by atoms with Gasteiger partial charge < -0.3 is 10.0 Å². The molecule has 0 unspecified atom stereocenters. The minimum Gasteiger partial charge on any atom is -0.480 e. The number of carbonyl (C=O) groups excluding carboxylic acids is 1. The molecular formula is C25H26ClN3O4S4. The van der Waals surface area contributed by atoms with Crippen molar-refractivity contribution in [3.8, 4) is 0 Å². The minimum atomic E-state index is -1.16. The summed E-state index contributed by atoms with van der Waals surface area (Å²) in [5.41, 5.74) is 0.590. The van der Waals surface area contributed by atoms with Gasteiger partial charge in [0.1, 0.15) is 20.4 Å². The summed E-state index contributed by atoms with van der Waals surface area (Å²) in [5.74, 6) is -1.44. The minimum absolute atomic E-state index is 0.279. The molecule has 0 bridgehead atoms. The number of nitrogens with zero attached hydrogens (tertiary/aromatic N) is 3. The summed E-state index contributed by atoms with van der Waals surface area (Å²) in [5, 5.41) is 11.1. The lowest BCUT2D eigenvalue weighted by atomic mass is 10.2. The molecule has 0 spiro atoms. The largest absolute Gasteiger partial charge is 0.480 e. The number of hydrogen-bond acceptors (Lipinski definition) is 8. The van der Waals surface area contributed by atoms with Gasteiger partial charge in [0, 0.05) is 23.0 Å². The van der Waals surface area contributed by atoms with E-state index in [-0.39, 0.29) is 5.91 Å². The number of aromatic nitrogens is 1. The van der Waals surface area contributed by atoms with Crippen molar-refractivity contribution in [3.05, 3.63) is 53.9 Å². The summed E-state index contributed by atoms with van der Waals surface area (Å²) in [6.07, 6.45) is 7.32. The quantitative estimate of drug-likeness (QED) is 0.426. The van der Waals surface area contributed by atoms with E-state index in [2.05, 4.69) is 11.8 Å². The van der Waals surface area contributed by atoms with E-state index in [1.165, 1.54) is 4.90 Å². The van der Waals surface area contributed by atoms with Gasteiger partial charge in [0.05, 0.1) is 15.2 Å². The van der Waals surface area contributed by atoms with Crippen LogP contribution in [0.2, 0.25) is 5.02 Å². The van der Waals surface area contributed by atoms with Crippen LogP contribution >= 0.6 is 58.7 Å². The Balaban J connectivity index is 1.80. The van der Waals surface area contributed by atoms with Crippen LogP contribution in [0, 0.1) is 0 Å². The van der Waals surface area contributed by atoms with Crippen LogP contribution in [0.3, 0.4) is 0 Å². The maximum atomic E-state index is 13.3. The summed E-state index contributed by atoms with van der Waals surface area (Å²) in [6, 6.07) is 5.78. The first-order chi connectivity index (χ1) is 17.7. The number of unbranched alkanes of at least 4 members (excludes halogenated alkanes) is 2. The molecule has 4 rings (SSSR count). The van der Waals surface area contributed by atoms with Crippen LogP contribution in [0.25, 0.3) is 11.0 Å². The Kier molecular flexibility index (Phi) is 9.23. The van der Waals surface area contributed by atoms with Crippen LogP contribution in [0.15, 0.2) is 39.0 Å². The van der Waals surface area contributed by atoms with Gasteiger partial charge in [-0.15, -0.1) is 11.3 Å². The highest BCUT2D eigenvalue weighted by atomic mass is 35.5. The predicted octanol–water partition coefficient (Wildman–Crippen LogP) is 4.45. The van der Waals surface area contributed by atoms with Crippen LogP contribution in [0.4, 0.5) is 5.69 Å². The van der Waals surface area contributed by atoms with Crippen LogP contribution in [0.5, 0.6) is 0 Å². The normalized spacial score (nSPS) is 18.5. The molecule has 2 aliphatic rings. The lowest BCUT2D eigenvalue weighted by Crippen LogP contribution is -2.35. The van der Waals surface area contributed by atoms with Crippen molar-refractivity contribution < 1.29 is 14.7 Å². The number of hydrogen-bond donors (Lipinski definition) is 1. The molecule has 0 aliphatic carbocycles. The predicted molar refractivity (Wildman–Crippen MR) is 158 cm³/mol. The topological polar surface area (TPSA) is 82.9 Å². The lowest BCUT2D eigenvalue weighted by Gasteiger charge is -2.20. The zero-order valence-corrected chi connectivity index (χ0v) is 24.4. The molecule has 1 aromatic heterocycles. The first kappa shape index (κ1) is 28.0. The zero-order chi connectivity index (χ0) is 26.7. The van der Waals surface area contributed by atoms with E-state index in [4.69, 9.17) is 23.8 Å². The van der Waals surface area contributed by atoms with Crippen LogP contribution in [-0.4, -0.2) is 43.9 Å². The second-order valence-electron chi connectivity index (χ2n) is 8.45. The van der Waals surface area contributed by atoms with Crippen LogP contribution < -0.4 is 19.7 Å². The number of aliphatic carboxylic acids is 1. The smallest absolute Gasteiger partial charge is 0.323 e. The highest BCUT2D eigenvalue weighted by Gasteiger charge is 2.34. The van der Waals surface area contributed by atoms with E-state index in [0.717, 1.165) is 75.5 Å². The fourth-order valence-corrected chi connectivity index (χ4v) is 7.65. The van der Waals surface area contributed by atoms with Gasteiger partial charge in [-0.3, -0.25) is 23.9 Å². The number of anilines is 1. The molecule has 3 heterocycles. The number of thiocarbonyl (C=S) groups is 1. The fraction of sp³-hybridized carbons (Fsp3) is 0.360. The van der Waals surface area contributed by atoms with E-state index in [0.29, 0.717) is 30.0 Å². The summed E-state index contributed by atoms with van der Waals surface area (Å²) in [4.78, 5) is 43.1. The molecule has 2 aliphatic heterocycles. The number of fused-ring (bicyclic) bond motifs is 1. The molecule has 1 saturated heterocycles. The Hall–Kier alpha value is -2.05. The molecule has 2 aromatic rings. The molecule has 0 radical (unpaired) electrons. The van der Waals surface area contributed by atoms with E-state index in [9.17, 15) is 19.5 Å². The molecule has 1 aromatic carbocycles. The standard InChI is InChI=1S/C25H26ClN3O4S4/c1-3-5-11-27-16-13-15(26)7-8-17(16)35-19(27)10-9-18-22(32)29(14-20(30)31)24(36-18)21-23(33)28(12-6-4-2)25(34)37-21/h7-10,13H,3-6,11-12,14H2,1-2H3,(H,30,31)/b18-9+,19-10-,24-21-. The molecule has 0 saturated carbocycles. The number of thiazole rings is 1. The fourth-order valence-electron chi connectivity index (χ4n) is 3.91. The second-order valence-corrected chi connectivity index (χ2v) is 12.6. The van der Waals surface area contributed by atoms with Gasteiger partial charge in [0.25, 0.3) is 11.5 Å². The van der Waals surface area contributed by atoms with Gasteiger partial charge >= 0.3 is 5.97 Å². The lowest BCUT2D eigenvalue weighted by molar-refractivity contribution is -0.137. The van der Waals surface area contributed by atoms with Crippen LogP contribution in [-0.2, 0) is 16.1 Å². The van der Waals surface area contributed by atoms with Crippen molar-refractivity contribution in [1.82, 2.24) is 9.47 Å². The maximum Gasteiger partial charge on any atom is 0.323 e. The zero-order valence-electron chi connectivity index (χ0n) is 20.4. The summed E-state index contributed by atoms with van der Waals surface area (Å²) in [6.45, 7) is 4.93. The average Bonchev–Trinajstić information content (AvgIpc) is 3.45. The van der Waals surface area contributed by atoms with E-state index in [1.54, 1.807) is 17.8 Å². The van der Waals surface area contributed by atoms with Gasteiger partial charge in [0.15, 0.2) is 0 Å². The highest BCUT2D eigenvalue weighted by Crippen LogP contribution is 2.47. The van der Waals surface area contributed by atoms with Crippen molar-refractivity contribution in [2.45, 2.75) is 51.0 Å². The number of carbonyl (C=O) groups is 2. The summed E-state index contributed by atoms with van der Waals surface area (Å²) in [7, 11) is 0. The maximum absolute atomic E-state index is 13.3.